The predicted molar refractivity (Wildman–Crippen MR) is 283 cm³/mol. The van der Waals surface area contributed by atoms with Gasteiger partial charge >= 0.3 is 5.97 Å². The number of aromatic amines is 4. The summed E-state index contributed by atoms with van der Waals surface area (Å²) in [5.41, 5.74) is 20.5. The third kappa shape index (κ3) is 12.4. The van der Waals surface area contributed by atoms with Crippen LogP contribution in [0.5, 0.6) is 0 Å². The fourth-order valence-corrected chi connectivity index (χ4v) is 8.21. The molecule has 11 aromatic rings. The van der Waals surface area contributed by atoms with Gasteiger partial charge in [-0.05, 0) is 89.5 Å². The summed E-state index contributed by atoms with van der Waals surface area (Å²) < 4.78 is 23.1. The van der Waals surface area contributed by atoms with Gasteiger partial charge in [0.2, 0.25) is 0 Å². The second-order valence-corrected chi connectivity index (χ2v) is 19.2. The van der Waals surface area contributed by atoms with Crippen molar-refractivity contribution in [1.82, 2.24) is 45.6 Å². The standard InChI is InChI=1S/C22H16N6O3.C15H10N4O2.C8H11NO2S.C7H8BrN/c29-22(23-12-13-5-8-15(9-6-13)28(30)31)14-7-10-18-19(11-14)25-21(24-18)20-16-3-1-2-4-17(16)26-27-20;20-15(21)8-5-6-11-12(7-8)17-14(16-11)13-9-3-1-2-4-10(9)18-19-13;1-12(10,11)8-4-2-7(6-9)3-5-8;8-7-3-1-6(5-9)2-4-7/h1-11H,12H2,(H,23,29)(H,24,25)(H,26,27);1-7H,(H,16,17)(H,18,19)(H,20,21);2-5H,6,9H2,1H3;1-4H,5,9H2. The van der Waals surface area contributed by atoms with Crippen LogP contribution in [0.15, 0.2) is 167 Å². The molecule has 10 N–H and O–H groups in total. The normalized spacial score (nSPS) is 11.0. The molecule has 0 bridgehead atoms. The average Bonchev–Trinajstić information content (AvgIpc) is 4.23. The van der Waals surface area contributed by atoms with E-state index >= 15 is 0 Å². The highest BCUT2D eigenvalue weighted by molar-refractivity contribution is 9.10. The lowest BCUT2D eigenvalue weighted by Crippen LogP contribution is -2.22. The van der Waals surface area contributed by atoms with E-state index in [-0.39, 0.29) is 23.7 Å². The number of non-ortho nitro benzene ring substituents is 1. The van der Waals surface area contributed by atoms with Gasteiger partial charge in [-0.3, -0.25) is 25.1 Å². The number of H-pyrrole nitrogens is 4. The fourth-order valence-electron chi connectivity index (χ4n) is 7.32. The van der Waals surface area contributed by atoms with Gasteiger partial charge in [-0.2, -0.15) is 10.2 Å². The number of para-hydroxylation sites is 2. The van der Waals surface area contributed by atoms with Gasteiger partial charge < -0.3 is 31.9 Å². The Morgan fingerprint density at radius 3 is 1.59 bits per heavy atom. The average molecular weight is 1060 g/mol. The third-order valence-electron chi connectivity index (χ3n) is 11.2. The van der Waals surface area contributed by atoms with Crippen molar-refractivity contribution in [2.45, 2.75) is 24.5 Å². The Labute approximate surface area is 424 Å². The highest BCUT2D eigenvalue weighted by Crippen LogP contribution is 2.28. The molecule has 21 heteroatoms. The van der Waals surface area contributed by atoms with Crippen molar-refractivity contribution < 1.29 is 28.0 Å². The molecular formula is C52H45BrN12O7S. The second-order valence-electron chi connectivity index (χ2n) is 16.2. The minimum absolute atomic E-state index is 0.0141. The number of aromatic nitrogens is 8. The summed E-state index contributed by atoms with van der Waals surface area (Å²) in [6.45, 7) is 1.32. The van der Waals surface area contributed by atoms with Gasteiger partial charge in [0.1, 0.15) is 11.4 Å². The van der Waals surface area contributed by atoms with Gasteiger partial charge in [-0.15, -0.1) is 0 Å². The first-order valence-corrected chi connectivity index (χ1v) is 24.9. The van der Waals surface area contributed by atoms with Crippen LogP contribution in [0.2, 0.25) is 0 Å². The Kier molecular flexibility index (Phi) is 15.5. The Morgan fingerprint density at radius 2 is 1.11 bits per heavy atom. The molecule has 11 rings (SSSR count). The minimum atomic E-state index is -3.07. The molecule has 19 nitrogen and oxygen atoms in total. The molecule has 0 unspecified atom stereocenters. The Bertz CT molecular complexity index is 3850. The molecule has 0 atom stereocenters. The van der Waals surface area contributed by atoms with Crippen molar-refractivity contribution in [3.8, 4) is 23.0 Å². The number of carbonyl (C=O) groups is 2. The number of imidazole rings is 2. The van der Waals surface area contributed by atoms with Crippen LogP contribution in [0, 0.1) is 10.1 Å². The number of nitrogens with two attached hydrogens (primary N) is 2. The van der Waals surface area contributed by atoms with E-state index in [1.165, 1.54) is 30.0 Å². The van der Waals surface area contributed by atoms with Crippen molar-refractivity contribution >= 4 is 87.2 Å². The number of benzene rings is 7. The van der Waals surface area contributed by atoms with Gasteiger partial charge in [0.15, 0.2) is 21.5 Å². The zero-order valence-corrected chi connectivity index (χ0v) is 41.1. The number of nitrogens with zero attached hydrogens (tertiary/aromatic N) is 5. The molecule has 368 valence electrons. The quantitative estimate of drug-likeness (QED) is 0.0468. The van der Waals surface area contributed by atoms with Gasteiger partial charge in [0.05, 0.1) is 48.5 Å². The van der Waals surface area contributed by atoms with E-state index in [2.05, 4.69) is 61.6 Å². The smallest absolute Gasteiger partial charge is 0.335 e. The highest BCUT2D eigenvalue weighted by atomic mass is 79.9. The van der Waals surface area contributed by atoms with Crippen molar-refractivity contribution in [3.63, 3.8) is 0 Å². The molecular weight excluding hydrogens is 1020 g/mol. The number of fused-ring (bicyclic) bond motifs is 4. The number of nitrogens with one attached hydrogen (secondary N) is 5. The van der Waals surface area contributed by atoms with Crippen LogP contribution in [0.25, 0.3) is 66.9 Å². The van der Waals surface area contributed by atoms with Crippen molar-refractivity contribution in [2.75, 3.05) is 6.26 Å². The summed E-state index contributed by atoms with van der Waals surface area (Å²) >= 11 is 3.33. The molecule has 0 spiro atoms. The van der Waals surface area contributed by atoms with Crippen LogP contribution in [0.1, 0.15) is 37.4 Å². The molecule has 7 aromatic carbocycles. The number of nitro groups is 1. The molecule has 0 aliphatic heterocycles. The van der Waals surface area contributed by atoms with Gasteiger partial charge in [-0.1, -0.05) is 88.7 Å². The first-order valence-electron chi connectivity index (χ1n) is 22.2. The Hall–Kier alpha value is -8.89. The lowest BCUT2D eigenvalue weighted by molar-refractivity contribution is -0.384. The number of aromatic carboxylic acids is 1. The van der Waals surface area contributed by atoms with E-state index in [9.17, 15) is 28.1 Å². The summed E-state index contributed by atoms with van der Waals surface area (Å²) in [7, 11) is -3.07. The predicted octanol–water partition coefficient (Wildman–Crippen LogP) is 9.21. The number of hydrogen-bond acceptors (Lipinski definition) is 12. The molecule has 1 amide bonds. The van der Waals surface area contributed by atoms with Crippen molar-refractivity contribution in [1.29, 1.82) is 0 Å². The van der Waals surface area contributed by atoms with Crippen LogP contribution in [-0.4, -0.2) is 76.9 Å². The van der Waals surface area contributed by atoms with E-state index in [1.54, 1.807) is 66.7 Å². The lowest BCUT2D eigenvalue weighted by atomic mass is 10.1. The van der Waals surface area contributed by atoms with Crippen LogP contribution in [-0.2, 0) is 29.5 Å². The fraction of sp³-hybridized carbons (Fsp3) is 0.0769. The maximum Gasteiger partial charge on any atom is 0.335 e. The highest BCUT2D eigenvalue weighted by Gasteiger charge is 2.16. The summed E-state index contributed by atoms with van der Waals surface area (Å²) in [6.07, 6.45) is 1.18. The van der Waals surface area contributed by atoms with E-state index in [0.29, 0.717) is 46.2 Å². The molecule has 0 saturated heterocycles. The van der Waals surface area contributed by atoms with Gasteiger partial charge in [-0.25, -0.2) is 23.2 Å². The summed E-state index contributed by atoms with van der Waals surface area (Å²) in [5, 5.41) is 39.1. The number of rotatable bonds is 10. The third-order valence-corrected chi connectivity index (χ3v) is 12.9. The molecule has 4 aromatic heterocycles. The minimum Gasteiger partial charge on any atom is -0.478 e. The van der Waals surface area contributed by atoms with Gasteiger partial charge in [0.25, 0.3) is 11.6 Å². The van der Waals surface area contributed by atoms with E-state index in [4.69, 9.17) is 16.6 Å². The van der Waals surface area contributed by atoms with E-state index < -0.39 is 20.7 Å². The number of halogens is 1. The topological polar surface area (TPSA) is 310 Å². The molecule has 0 fully saturated rings. The monoisotopic (exact) mass is 1060 g/mol. The molecule has 0 saturated carbocycles. The van der Waals surface area contributed by atoms with Crippen LogP contribution in [0.3, 0.4) is 0 Å². The molecule has 0 aliphatic rings. The molecule has 0 radical (unpaired) electrons. The maximum absolute atomic E-state index is 12.6. The largest absolute Gasteiger partial charge is 0.478 e. The Morgan fingerprint density at radius 1 is 0.644 bits per heavy atom. The SMILES string of the molecule is CS(=O)(=O)c1ccc(CN)cc1.NCc1ccc(Br)cc1.O=C(NCc1ccc([N+](=O)[O-])cc1)c1ccc2nc(-c3n[nH]c4ccccc34)[nH]c2c1.O=C(O)c1ccc2nc(-c3n[nH]c4ccccc34)[nH]c2c1. The van der Waals surface area contributed by atoms with Crippen LogP contribution in [0.4, 0.5) is 5.69 Å². The molecule has 4 heterocycles. The van der Waals surface area contributed by atoms with E-state index in [1.807, 2.05) is 72.8 Å². The molecule has 0 aliphatic carbocycles. The number of carboxylic acids is 1. The van der Waals surface area contributed by atoms with E-state index in [0.717, 1.165) is 59.8 Å². The van der Waals surface area contributed by atoms with Crippen molar-refractivity contribution in [2.24, 2.45) is 11.5 Å². The maximum atomic E-state index is 12.6. The summed E-state index contributed by atoms with van der Waals surface area (Å²) in [6, 6.07) is 46.2. The van der Waals surface area contributed by atoms with Crippen molar-refractivity contribution in [3.05, 3.63) is 200 Å². The first kappa shape index (κ1) is 50.5. The summed E-state index contributed by atoms with van der Waals surface area (Å²) in [4.78, 5) is 49.6. The lowest BCUT2D eigenvalue weighted by Gasteiger charge is -2.05. The number of hydrogen-bond donors (Lipinski definition) is 8. The zero-order valence-electron chi connectivity index (χ0n) is 38.7. The number of amides is 1. The van der Waals surface area contributed by atoms with Crippen LogP contribution >= 0.6 is 15.9 Å². The number of carbonyl (C=O) groups excluding carboxylic acids is 1. The number of carboxylic acid groups (broad SMARTS) is 1. The number of nitro benzene ring substituents is 1. The zero-order chi connectivity index (χ0) is 51.6. The first-order chi connectivity index (χ1) is 35.2. The second kappa shape index (κ2) is 22.5. The number of sulfone groups is 1. The van der Waals surface area contributed by atoms with Crippen LogP contribution < -0.4 is 16.8 Å². The summed E-state index contributed by atoms with van der Waals surface area (Å²) in [5.74, 6) is 0.0285. The Balaban J connectivity index is 0.000000145. The van der Waals surface area contributed by atoms with Gasteiger partial charge in [0, 0.05) is 58.8 Å². The molecule has 73 heavy (non-hydrogen) atoms.